The summed E-state index contributed by atoms with van der Waals surface area (Å²) in [6, 6.07) is 10.6. The number of amides is 1. The number of hydrogen-bond acceptors (Lipinski definition) is 7. The number of carbonyl (C=O) groups is 1. The van der Waals surface area contributed by atoms with E-state index in [1.807, 2.05) is 29.4 Å². The standard InChI is InChI=1S/C24H30N6OS2/c1-16-8-10-20(11-9-16)30-21(14-32-23-25-17(2)13-18(3)26-23)27-28-24(30)33-15-22(31)29-12-6-5-7-19(29)4/h8-11,13,19H,5-7,12,14-15H2,1-4H3/t19-/m0/s1. The van der Waals surface area contributed by atoms with Gasteiger partial charge < -0.3 is 4.90 Å². The lowest BCUT2D eigenvalue weighted by atomic mass is 10.0. The van der Waals surface area contributed by atoms with E-state index in [4.69, 9.17) is 0 Å². The minimum atomic E-state index is 0.171. The van der Waals surface area contributed by atoms with E-state index in [0.29, 0.717) is 17.5 Å². The zero-order chi connectivity index (χ0) is 23.4. The molecule has 0 bridgehead atoms. The molecule has 174 valence electrons. The number of aryl methyl sites for hydroxylation is 3. The van der Waals surface area contributed by atoms with Crippen molar-refractivity contribution in [3.05, 3.63) is 53.1 Å². The summed E-state index contributed by atoms with van der Waals surface area (Å²) in [7, 11) is 0. The van der Waals surface area contributed by atoms with E-state index >= 15 is 0 Å². The Hall–Kier alpha value is -2.39. The highest BCUT2D eigenvalue weighted by Gasteiger charge is 2.24. The molecular formula is C24H30N6OS2. The fourth-order valence-electron chi connectivity index (χ4n) is 4.01. The highest BCUT2D eigenvalue weighted by Crippen LogP contribution is 2.27. The van der Waals surface area contributed by atoms with Crippen LogP contribution < -0.4 is 0 Å². The molecule has 1 aromatic carbocycles. The molecule has 1 aliphatic rings. The van der Waals surface area contributed by atoms with Gasteiger partial charge in [0.25, 0.3) is 0 Å². The number of thioether (sulfide) groups is 2. The van der Waals surface area contributed by atoms with Crippen molar-refractivity contribution in [1.29, 1.82) is 0 Å². The zero-order valence-electron chi connectivity index (χ0n) is 19.6. The van der Waals surface area contributed by atoms with Gasteiger partial charge >= 0.3 is 0 Å². The van der Waals surface area contributed by atoms with Gasteiger partial charge in [-0.25, -0.2) is 9.97 Å². The summed E-state index contributed by atoms with van der Waals surface area (Å²) < 4.78 is 2.05. The number of nitrogens with zero attached hydrogens (tertiary/aromatic N) is 6. The van der Waals surface area contributed by atoms with Crippen molar-refractivity contribution in [3.8, 4) is 5.69 Å². The van der Waals surface area contributed by atoms with E-state index in [9.17, 15) is 4.79 Å². The maximum absolute atomic E-state index is 12.9. The van der Waals surface area contributed by atoms with Gasteiger partial charge in [0.15, 0.2) is 10.3 Å². The average Bonchev–Trinajstić information content (AvgIpc) is 3.19. The van der Waals surface area contributed by atoms with Gasteiger partial charge in [0.2, 0.25) is 5.91 Å². The van der Waals surface area contributed by atoms with Crippen molar-refractivity contribution in [1.82, 2.24) is 29.6 Å². The smallest absolute Gasteiger partial charge is 0.233 e. The topological polar surface area (TPSA) is 76.8 Å². The lowest BCUT2D eigenvalue weighted by Gasteiger charge is -2.33. The SMILES string of the molecule is Cc1ccc(-n2c(CSc3nc(C)cc(C)n3)nnc2SCC(=O)N2CCCC[C@@H]2C)cc1. The van der Waals surface area contributed by atoms with Crippen LogP contribution in [0.4, 0.5) is 0 Å². The van der Waals surface area contributed by atoms with Crippen LogP contribution in [0.1, 0.15) is 49.0 Å². The van der Waals surface area contributed by atoms with Crippen LogP contribution in [0.25, 0.3) is 5.69 Å². The third kappa shape index (κ3) is 5.95. The van der Waals surface area contributed by atoms with Crippen molar-refractivity contribution >= 4 is 29.4 Å². The Bertz CT molecular complexity index is 1090. The van der Waals surface area contributed by atoms with Gasteiger partial charge in [0.05, 0.1) is 11.5 Å². The molecule has 0 N–H and O–H groups in total. The molecule has 0 radical (unpaired) electrons. The number of aromatic nitrogens is 5. The number of piperidine rings is 1. The van der Waals surface area contributed by atoms with E-state index in [-0.39, 0.29) is 5.91 Å². The zero-order valence-corrected chi connectivity index (χ0v) is 21.2. The van der Waals surface area contributed by atoms with Crippen LogP contribution in [0.5, 0.6) is 0 Å². The minimum absolute atomic E-state index is 0.171. The maximum atomic E-state index is 12.9. The first kappa shape index (κ1) is 23.8. The summed E-state index contributed by atoms with van der Waals surface area (Å²) in [5, 5.41) is 10.4. The van der Waals surface area contributed by atoms with E-state index in [2.05, 4.69) is 58.3 Å². The van der Waals surface area contributed by atoms with Crippen LogP contribution >= 0.6 is 23.5 Å². The summed E-state index contributed by atoms with van der Waals surface area (Å²) in [5.41, 5.74) is 4.08. The van der Waals surface area contributed by atoms with Crippen LogP contribution in [0.3, 0.4) is 0 Å². The highest BCUT2D eigenvalue weighted by atomic mass is 32.2. The van der Waals surface area contributed by atoms with E-state index in [1.165, 1.54) is 23.7 Å². The Kier molecular flexibility index (Phi) is 7.70. The molecule has 0 aliphatic carbocycles. The molecule has 1 amide bonds. The number of carbonyl (C=O) groups excluding carboxylic acids is 1. The van der Waals surface area contributed by atoms with E-state index in [0.717, 1.165) is 52.6 Å². The van der Waals surface area contributed by atoms with Crippen molar-refractivity contribution in [2.24, 2.45) is 0 Å². The summed E-state index contributed by atoms with van der Waals surface area (Å²) in [6.07, 6.45) is 3.37. The third-order valence-corrected chi connectivity index (χ3v) is 7.49. The van der Waals surface area contributed by atoms with Crippen molar-refractivity contribution < 1.29 is 4.79 Å². The molecule has 3 heterocycles. The van der Waals surface area contributed by atoms with Crippen molar-refractivity contribution in [2.75, 3.05) is 12.3 Å². The second kappa shape index (κ2) is 10.7. The third-order valence-electron chi connectivity index (χ3n) is 5.73. The molecule has 1 saturated heterocycles. The Balaban J connectivity index is 1.54. The first-order valence-electron chi connectivity index (χ1n) is 11.3. The van der Waals surface area contributed by atoms with Gasteiger partial charge in [-0.15, -0.1) is 10.2 Å². The van der Waals surface area contributed by atoms with Gasteiger partial charge in [-0.3, -0.25) is 9.36 Å². The van der Waals surface area contributed by atoms with Crippen LogP contribution in [-0.4, -0.2) is 53.9 Å². The average molecular weight is 483 g/mol. The number of likely N-dealkylation sites (tertiary alicyclic amines) is 1. The second-order valence-electron chi connectivity index (χ2n) is 8.51. The Labute approximate surface area is 203 Å². The van der Waals surface area contributed by atoms with Crippen LogP contribution in [0.2, 0.25) is 0 Å². The molecule has 0 saturated carbocycles. The van der Waals surface area contributed by atoms with Gasteiger partial charge in [0, 0.05) is 29.7 Å². The molecule has 1 aliphatic heterocycles. The normalized spacial score (nSPS) is 16.2. The monoisotopic (exact) mass is 482 g/mol. The van der Waals surface area contributed by atoms with Crippen molar-refractivity contribution in [2.45, 2.75) is 69.1 Å². The van der Waals surface area contributed by atoms with Gasteiger partial charge in [-0.2, -0.15) is 0 Å². The Morgan fingerprint density at radius 2 is 1.76 bits per heavy atom. The number of hydrogen-bond donors (Lipinski definition) is 0. The quantitative estimate of drug-likeness (QED) is 0.355. The summed E-state index contributed by atoms with van der Waals surface area (Å²) >= 11 is 3.00. The van der Waals surface area contributed by atoms with Gasteiger partial charge in [-0.05, 0) is 65.2 Å². The molecule has 0 unspecified atom stereocenters. The predicted molar refractivity (Wildman–Crippen MR) is 133 cm³/mol. The fraction of sp³-hybridized carbons (Fsp3) is 0.458. The largest absolute Gasteiger partial charge is 0.339 e. The lowest BCUT2D eigenvalue weighted by molar-refractivity contribution is -0.131. The summed E-state index contributed by atoms with van der Waals surface area (Å²) in [6.45, 7) is 9.01. The summed E-state index contributed by atoms with van der Waals surface area (Å²) in [4.78, 5) is 23.9. The molecule has 1 atom stereocenters. The molecule has 3 aromatic rings. The molecule has 33 heavy (non-hydrogen) atoms. The molecule has 7 nitrogen and oxygen atoms in total. The maximum Gasteiger partial charge on any atom is 0.233 e. The van der Waals surface area contributed by atoms with Crippen LogP contribution in [-0.2, 0) is 10.5 Å². The Morgan fingerprint density at radius 3 is 2.45 bits per heavy atom. The molecule has 4 rings (SSSR count). The first-order chi connectivity index (χ1) is 15.9. The van der Waals surface area contributed by atoms with E-state index < -0.39 is 0 Å². The summed E-state index contributed by atoms with van der Waals surface area (Å²) in [5.74, 6) is 1.93. The highest BCUT2D eigenvalue weighted by molar-refractivity contribution is 7.99. The minimum Gasteiger partial charge on any atom is -0.339 e. The van der Waals surface area contributed by atoms with E-state index in [1.54, 1.807) is 11.8 Å². The lowest BCUT2D eigenvalue weighted by Crippen LogP contribution is -2.42. The fourth-order valence-corrected chi connectivity index (χ4v) is 5.72. The Morgan fingerprint density at radius 1 is 1.03 bits per heavy atom. The van der Waals surface area contributed by atoms with Crippen LogP contribution in [0.15, 0.2) is 40.6 Å². The number of rotatable bonds is 7. The van der Waals surface area contributed by atoms with Crippen LogP contribution in [0, 0.1) is 20.8 Å². The number of benzene rings is 1. The molecule has 2 aromatic heterocycles. The molecule has 9 heteroatoms. The molecule has 1 fully saturated rings. The second-order valence-corrected chi connectivity index (χ2v) is 10.4. The van der Waals surface area contributed by atoms with Gasteiger partial charge in [0.1, 0.15) is 5.82 Å². The molecule has 0 spiro atoms. The predicted octanol–water partition coefficient (Wildman–Crippen LogP) is 4.77. The van der Waals surface area contributed by atoms with Gasteiger partial charge in [-0.1, -0.05) is 41.2 Å². The van der Waals surface area contributed by atoms with Crippen molar-refractivity contribution in [3.63, 3.8) is 0 Å². The molecular weight excluding hydrogens is 452 g/mol. The first-order valence-corrected chi connectivity index (χ1v) is 13.3.